The van der Waals surface area contributed by atoms with Gasteiger partial charge in [0.2, 0.25) is 5.91 Å². The molecule has 24 heavy (non-hydrogen) atoms. The molecule has 0 bridgehead atoms. The van der Waals surface area contributed by atoms with Crippen molar-refractivity contribution in [2.24, 2.45) is 5.92 Å². The Balaban J connectivity index is 1.87. The molecule has 7 heteroatoms. The number of hydrogen-bond donors (Lipinski definition) is 2. The smallest absolute Gasteiger partial charge is 0.407 e. The Morgan fingerprint density at radius 2 is 2.04 bits per heavy atom. The number of rotatable bonds is 5. The molecule has 1 aliphatic rings. The molecule has 1 aliphatic carbocycles. The normalized spacial score (nSPS) is 19.8. The first-order valence-electron chi connectivity index (χ1n) is 7.93. The minimum absolute atomic E-state index is 0.0288. The zero-order valence-corrected chi connectivity index (χ0v) is 14.0. The standard InChI is InChI=1S/C17H20ClN3O3/c18-14-7-3-1-5-12(14)11-24-17(23)21-15-8-4-2-6-13(15)16(22)20-10-9-19/h1,3,5,7,13,15H,2,4,6,8,10-11H2,(H,20,22)(H,21,23). The maximum Gasteiger partial charge on any atom is 0.407 e. The highest BCUT2D eigenvalue weighted by molar-refractivity contribution is 6.31. The second-order valence-corrected chi connectivity index (χ2v) is 6.09. The number of benzene rings is 1. The van der Waals surface area contributed by atoms with Crippen LogP contribution in [0.5, 0.6) is 0 Å². The highest BCUT2D eigenvalue weighted by atomic mass is 35.5. The summed E-state index contributed by atoms with van der Waals surface area (Å²) in [5, 5.41) is 14.4. The van der Waals surface area contributed by atoms with Crippen molar-refractivity contribution >= 4 is 23.6 Å². The summed E-state index contributed by atoms with van der Waals surface area (Å²) in [7, 11) is 0. The van der Waals surface area contributed by atoms with E-state index in [4.69, 9.17) is 21.6 Å². The van der Waals surface area contributed by atoms with Crippen LogP contribution in [0.15, 0.2) is 24.3 Å². The van der Waals surface area contributed by atoms with Gasteiger partial charge in [0.1, 0.15) is 13.2 Å². The second-order valence-electron chi connectivity index (χ2n) is 5.69. The third kappa shape index (κ3) is 5.14. The van der Waals surface area contributed by atoms with Gasteiger partial charge in [-0.15, -0.1) is 0 Å². The maximum absolute atomic E-state index is 12.1. The number of carbonyl (C=O) groups is 2. The summed E-state index contributed by atoms with van der Waals surface area (Å²) >= 11 is 6.02. The fourth-order valence-electron chi connectivity index (χ4n) is 2.83. The Labute approximate surface area is 146 Å². The highest BCUT2D eigenvalue weighted by Gasteiger charge is 2.32. The number of nitriles is 1. The number of alkyl carbamates (subject to hydrolysis) is 1. The number of hydrogen-bond acceptors (Lipinski definition) is 4. The molecule has 0 aromatic heterocycles. The van der Waals surface area contributed by atoms with E-state index in [0.29, 0.717) is 17.9 Å². The van der Waals surface area contributed by atoms with E-state index in [1.807, 2.05) is 12.1 Å². The predicted molar refractivity (Wildman–Crippen MR) is 89.1 cm³/mol. The van der Waals surface area contributed by atoms with Gasteiger partial charge in [0.05, 0.1) is 12.0 Å². The summed E-state index contributed by atoms with van der Waals surface area (Å²) in [6, 6.07) is 8.74. The van der Waals surface area contributed by atoms with E-state index in [1.165, 1.54) is 0 Å². The number of amides is 2. The molecule has 0 spiro atoms. The minimum Gasteiger partial charge on any atom is -0.445 e. The van der Waals surface area contributed by atoms with E-state index in [9.17, 15) is 9.59 Å². The zero-order valence-electron chi connectivity index (χ0n) is 13.3. The number of halogens is 1. The molecule has 6 nitrogen and oxygen atoms in total. The van der Waals surface area contributed by atoms with Gasteiger partial charge in [-0.05, 0) is 18.9 Å². The lowest BCUT2D eigenvalue weighted by Gasteiger charge is -2.30. The fraction of sp³-hybridized carbons (Fsp3) is 0.471. The van der Waals surface area contributed by atoms with E-state index in [-0.39, 0.29) is 31.0 Å². The third-order valence-corrected chi connectivity index (χ3v) is 4.43. The summed E-state index contributed by atoms with van der Waals surface area (Å²) < 4.78 is 5.20. The molecule has 0 radical (unpaired) electrons. The Kier molecular flexibility index (Phi) is 6.89. The van der Waals surface area contributed by atoms with E-state index in [0.717, 1.165) is 18.4 Å². The molecule has 0 saturated heterocycles. The van der Waals surface area contributed by atoms with Crippen LogP contribution in [-0.2, 0) is 16.1 Å². The average molecular weight is 350 g/mol. The van der Waals surface area contributed by atoms with Gasteiger partial charge in [-0.2, -0.15) is 5.26 Å². The number of ether oxygens (including phenoxy) is 1. The van der Waals surface area contributed by atoms with Crippen molar-refractivity contribution in [3.63, 3.8) is 0 Å². The fourth-order valence-corrected chi connectivity index (χ4v) is 3.02. The van der Waals surface area contributed by atoms with Gasteiger partial charge < -0.3 is 15.4 Å². The average Bonchev–Trinajstić information content (AvgIpc) is 2.59. The Morgan fingerprint density at radius 1 is 1.29 bits per heavy atom. The van der Waals surface area contributed by atoms with Gasteiger partial charge in [-0.1, -0.05) is 42.6 Å². The third-order valence-electron chi connectivity index (χ3n) is 4.06. The molecule has 1 aromatic rings. The molecule has 128 valence electrons. The molecule has 2 amide bonds. The molecule has 1 fully saturated rings. The Hall–Kier alpha value is -2.26. The topological polar surface area (TPSA) is 91.2 Å². The summed E-state index contributed by atoms with van der Waals surface area (Å²) in [6.45, 7) is 0.0442. The molecule has 1 saturated carbocycles. The molecular weight excluding hydrogens is 330 g/mol. The first kappa shape index (κ1) is 18.1. The Bertz CT molecular complexity index is 630. The molecule has 2 rings (SSSR count). The predicted octanol–water partition coefficient (Wildman–Crippen LogP) is 2.76. The summed E-state index contributed by atoms with van der Waals surface area (Å²) in [5.74, 6) is -0.535. The summed E-state index contributed by atoms with van der Waals surface area (Å²) in [4.78, 5) is 24.1. The van der Waals surface area contributed by atoms with Gasteiger partial charge in [-0.25, -0.2) is 4.79 Å². The minimum atomic E-state index is -0.570. The van der Waals surface area contributed by atoms with Crippen LogP contribution in [0, 0.1) is 17.2 Å². The van der Waals surface area contributed by atoms with Crippen molar-refractivity contribution in [2.75, 3.05) is 6.54 Å². The van der Waals surface area contributed by atoms with Crippen molar-refractivity contribution in [3.8, 4) is 6.07 Å². The van der Waals surface area contributed by atoms with Crippen molar-refractivity contribution in [3.05, 3.63) is 34.9 Å². The van der Waals surface area contributed by atoms with Crippen LogP contribution >= 0.6 is 11.6 Å². The van der Waals surface area contributed by atoms with Gasteiger partial charge in [-0.3, -0.25) is 4.79 Å². The van der Waals surface area contributed by atoms with Crippen LogP contribution < -0.4 is 10.6 Å². The van der Waals surface area contributed by atoms with Crippen LogP contribution in [0.4, 0.5) is 4.79 Å². The molecule has 0 aliphatic heterocycles. The number of nitrogens with zero attached hydrogens (tertiary/aromatic N) is 1. The van der Waals surface area contributed by atoms with E-state index >= 15 is 0 Å². The van der Waals surface area contributed by atoms with Crippen LogP contribution in [0.2, 0.25) is 5.02 Å². The van der Waals surface area contributed by atoms with Crippen LogP contribution in [0.3, 0.4) is 0 Å². The molecule has 2 atom stereocenters. The Morgan fingerprint density at radius 3 is 2.79 bits per heavy atom. The van der Waals surface area contributed by atoms with E-state index < -0.39 is 6.09 Å². The quantitative estimate of drug-likeness (QED) is 0.799. The lowest BCUT2D eigenvalue weighted by molar-refractivity contribution is -0.126. The van der Waals surface area contributed by atoms with Crippen LogP contribution in [-0.4, -0.2) is 24.6 Å². The first-order chi connectivity index (χ1) is 11.6. The van der Waals surface area contributed by atoms with Crippen LogP contribution in [0.25, 0.3) is 0 Å². The molecule has 0 heterocycles. The first-order valence-corrected chi connectivity index (χ1v) is 8.31. The van der Waals surface area contributed by atoms with Gasteiger partial charge in [0, 0.05) is 16.6 Å². The SMILES string of the molecule is N#CCNC(=O)C1CCCCC1NC(=O)OCc1ccccc1Cl. The monoisotopic (exact) mass is 349 g/mol. The van der Waals surface area contributed by atoms with Crippen molar-refractivity contribution in [1.29, 1.82) is 5.26 Å². The second kappa shape index (κ2) is 9.14. The van der Waals surface area contributed by atoms with Gasteiger partial charge >= 0.3 is 6.09 Å². The highest BCUT2D eigenvalue weighted by Crippen LogP contribution is 2.25. The van der Waals surface area contributed by atoms with Crippen LogP contribution in [0.1, 0.15) is 31.2 Å². The van der Waals surface area contributed by atoms with Crippen molar-refractivity contribution in [2.45, 2.75) is 38.3 Å². The molecule has 1 aromatic carbocycles. The zero-order chi connectivity index (χ0) is 17.4. The summed E-state index contributed by atoms with van der Waals surface area (Å²) in [6.07, 6.45) is 2.70. The van der Waals surface area contributed by atoms with Crippen molar-refractivity contribution in [1.82, 2.24) is 10.6 Å². The number of nitrogens with one attached hydrogen (secondary N) is 2. The molecular formula is C17H20ClN3O3. The largest absolute Gasteiger partial charge is 0.445 e. The molecule has 2 unspecified atom stereocenters. The lowest BCUT2D eigenvalue weighted by atomic mass is 9.84. The number of carbonyl (C=O) groups excluding carboxylic acids is 2. The lowest BCUT2D eigenvalue weighted by Crippen LogP contribution is -2.48. The maximum atomic E-state index is 12.1. The van der Waals surface area contributed by atoms with Crippen molar-refractivity contribution < 1.29 is 14.3 Å². The van der Waals surface area contributed by atoms with E-state index in [2.05, 4.69) is 10.6 Å². The molecule has 2 N–H and O–H groups in total. The van der Waals surface area contributed by atoms with E-state index in [1.54, 1.807) is 18.2 Å². The summed E-state index contributed by atoms with van der Waals surface area (Å²) in [5.41, 5.74) is 0.723. The van der Waals surface area contributed by atoms with Gasteiger partial charge in [0.25, 0.3) is 0 Å². The van der Waals surface area contributed by atoms with Gasteiger partial charge in [0.15, 0.2) is 0 Å².